The minimum atomic E-state index is -0.273. The summed E-state index contributed by atoms with van der Waals surface area (Å²) in [5.41, 5.74) is 0.404. The van der Waals surface area contributed by atoms with Gasteiger partial charge in [0, 0.05) is 18.1 Å². The highest BCUT2D eigenvalue weighted by Gasteiger charge is 2.30. The van der Waals surface area contributed by atoms with E-state index in [1.54, 1.807) is 17.0 Å². The summed E-state index contributed by atoms with van der Waals surface area (Å²) < 4.78 is 4.74. The molecule has 0 N–H and O–H groups in total. The number of nitrogens with zero attached hydrogens (tertiary/aromatic N) is 1. The second-order valence-corrected chi connectivity index (χ2v) is 5.58. The lowest BCUT2D eigenvalue weighted by Crippen LogP contribution is -2.42. The summed E-state index contributed by atoms with van der Waals surface area (Å²) in [4.78, 5) is 25.7. The van der Waals surface area contributed by atoms with E-state index in [1.165, 1.54) is 13.2 Å². The first-order valence-electron chi connectivity index (χ1n) is 6.35. The van der Waals surface area contributed by atoms with Crippen molar-refractivity contribution in [2.75, 3.05) is 20.2 Å². The van der Waals surface area contributed by atoms with Gasteiger partial charge in [0.05, 0.1) is 23.6 Å². The number of piperidine rings is 1. The zero-order valence-electron chi connectivity index (χ0n) is 11.1. The van der Waals surface area contributed by atoms with Gasteiger partial charge in [0.15, 0.2) is 0 Å². The number of rotatable bonds is 2. The molecule has 0 saturated carbocycles. The van der Waals surface area contributed by atoms with Crippen molar-refractivity contribution in [1.82, 2.24) is 4.90 Å². The minimum Gasteiger partial charge on any atom is -0.469 e. The maximum absolute atomic E-state index is 12.4. The van der Waals surface area contributed by atoms with Gasteiger partial charge in [-0.25, -0.2) is 0 Å². The van der Waals surface area contributed by atoms with Crippen molar-refractivity contribution >= 4 is 35.1 Å². The number of methoxy groups -OCH3 is 1. The summed E-state index contributed by atoms with van der Waals surface area (Å²) in [5, 5.41) is 0.806. The van der Waals surface area contributed by atoms with Crippen molar-refractivity contribution in [3.8, 4) is 0 Å². The number of esters is 1. The second-order valence-electron chi connectivity index (χ2n) is 4.74. The normalized spacial score (nSPS) is 18.8. The quantitative estimate of drug-likeness (QED) is 0.788. The molecule has 0 aromatic heterocycles. The van der Waals surface area contributed by atoms with E-state index < -0.39 is 0 Å². The molecule has 6 heteroatoms. The first kappa shape index (κ1) is 15.1. The third-order valence-electron chi connectivity index (χ3n) is 3.40. The van der Waals surface area contributed by atoms with Crippen LogP contribution in [0.3, 0.4) is 0 Å². The average Bonchev–Trinajstić information content (AvgIpc) is 2.46. The lowest BCUT2D eigenvalue weighted by molar-refractivity contribution is -0.146. The third-order valence-corrected chi connectivity index (χ3v) is 3.95. The highest BCUT2D eigenvalue weighted by atomic mass is 35.5. The molecule has 4 nitrogen and oxygen atoms in total. The van der Waals surface area contributed by atoms with E-state index in [4.69, 9.17) is 27.9 Å². The molecule has 1 aromatic carbocycles. The van der Waals surface area contributed by atoms with Crippen molar-refractivity contribution in [2.45, 2.75) is 12.8 Å². The number of hydrogen-bond acceptors (Lipinski definition) is 3. The van der Waals surface area contributed by atoms with Crippen LogP contribution in [0.2, 0.25) is 10.0 Å². The molecule has 1 aliphatic heterocycles. The third kappa shape index (κ3) is 3.25. The van der Waals surface area contributed by atoms with Crippen LogP contribution >= 0.6 is 23.2 Å². The minimum absolute atomic E-state index is 0.180. The van der Waals surface area contributed by atoms with Gasteiger partial charge in [-0.1, -0.05) is 23.2 Å². The molecule has 0 aliphatic carbocycles. The Balaban J connectivity index is 2.14. The molecule has 1 saturated heterocycles. The zero-order valence-corrected chi connectivity index (χ0v) is 12.6. The number of carbonyl (C=O) groups is 2. The topological polar surface area (TPSA) is 46.6 Å². The molecule has 0 bridgehead atoms. The molecule has 0 radical (unpaired) electrons. The Hall–Kier alpha value is -1.26. The fraction of sp³-hybridized carbons (Fsp3) is 0.429. The van der Waals surface area contributed by atoms with Gasteiger partial charge in [-0.3, -0.25) is 9.59 Å². The fourth-order valence-electron chi connectivity index (χ4n) is 2.35. The van der Waals surface area contributed by atoms with Crippen LogP contribution in [0.5, 0.6) is 0 Å². The monoisotopic (exact) mass is 315 g/mol. The van der Waals surface area contributed by atoms with Crippen LogP contribution in [0.25, 0.3) is 0 Å². The Morgan fingerprint density at radius 3 is 2.75 bits per heavy atom. The van der Waals surface area contributed by atoms with E-state index in [-0.39, 0.29) is 17.8 Å². The summed E-state index contributed by atoms with van der Waals surface area (Å²) in [6.07, 6.45) is 1.52. The molecular weight excluding hydrogens is 301 g/mol. The standard InChI is InChI=1S/C14H15Cl2NO3/c1-20-14(19)9-3-2-6-17(8-9)13(18)11-5-4-10(15)7-12(11)16/h4-5,7,9H,2-3,6,8H2,1H3. The van der Waals surface area contributed by atoms with Gasteiger partial charge in [-0.05, 0) is 31.0 Å². The van der Waals surface area contributed by atoms with Crippen LogP contribution in [-0.2, 0) is 9.53 Å². The van der Waals surface area contributed by atoms with Crippen molar-refractivity contribution in [3.05, 3.63) is 33.8 Å². The summed E-state index contributed by atoms with van der Waals surface area (Å²) in [6, 6.07) is 4.77. The summed E-state index contributed by atoms with van der Waals surface area (Å²) in [5.74, 6) is -0.714. The number of halogens is 2. The fourth-order valence-corrected chi connectivity index (χ4v) is 2.84. The number of likely N-dealkylation sites (tertiary alicyclic amines) is 1. The lowest BCUT2D eigenvalue weighted by Gasteiger charge is -2.31. The Kier molecular flexibility index (Phi) is 4.89. The molecular formula is C14H15Cl2NO3. The molecule has 1 amide bonds. The molecule has 1 aromatic rings. The molecule has 1 unspecified atom stereocenters. The van der Waals surface area contributed by atoms with Gasteiger partial charge >= 0.3 is 5.97 Å². The van der Waals surface area contributed by atoms with Crippen LogP contribution in [-0.4, -0.2) is 37.0 Å². The van der Waals surface area contributed by atoms with E-state index >= 15 is 0 Å². The summed E-state index contributed by atoms with van der Waals surface area (Å²) in [6.45, 7) is 0.982. The first-order valence-corrected chi connectivity index (χ1v) is 7.10. The van der Waals surface area contributed by atoms with Crippen molar-refractivity contribution in [1.29, 1.82) is 0 Å². The molecule has 20 heavy (non-hydrogen) atoms. The first-order chi connectivity index (χ1) is 9.52. The molecule has 108 valence electrons. The predicted octanol–water partition coefficient (Wildman–Crippen LogP) is 3.02. The number of hydrogen-bond donors (Lipinski definition) is 0. The lowest BCUT2D eigenvalue weighted by atomic mass is 9.97. The van der Waals surface area contributed by atoms with Crippen molar-refractivity contribution in [3.63, 3.8) is 0 Å². The predicted molar refractivity (Wildman–Crippen MR) is 77.1 cm³/mol. The molecule has 0 spiro atoms. The molecule has 2 rings (SSSR count). The van der Waals surface area contributed by atoms with Crippen molar-refractivity contribution < 1.29 is 14.3 Å². The Morgan fingerprint density at radius 2 is 2.10 bits per heavy atom. The van der Waals surface area contributed by atoms with Crippen molar-refractivity contribution in [2.24, 2.45) is 5.92 Å². The number of amides is 1. The summed E-state index contributed by atoms with van der Waals surface area (Å²) in [7, 11) is 1.36. The van der Waals surface area contributed by atoms with Crippen LogP contribution in [0.4, 0.5) is 0 Å². The maximum Gasteiger partial charge on any atom is 0.310 e. The zero-order chi connectivity index (χ0) is 14.7. The van der Waals surface area contributed by atoms with Crippen LogP contribution in [0.15, 0.2) is 18.2 Å². The average molecular weight is 316 g/mol. The number of ether oxygens (including phenoxy) is 1. The van der Waals surface area contributed by atoms with E-state index in [1.807, 2.05) is 0 Å². The SMILES string of the molecule is COC(=O)C1CCCN(C(=O)c2ccc(Cl)cc2Cl)C1. The van der Waals surface area contributed by atoms with E-state index in [9.17, 15) is 9.59 Å². The van der Waals surface area contributed by atoms with Gasteiger partial charge in [0.1, 0.15) is 0 Å². The summed E-state index contributed by atoms with van der Waals surface area (Å²) >= 11 is 11.9. The Labute approximate surface area is 127 Å². The van der Waals surface area contributed by atoms with E-state index in [2.05, 4.69) is 0 Å². The number of benzene rings is 1. The highest BCUT2D eigenvalue weighted by molar-refractivity contribution is 6.36. The molecule has 1 fully saturated rings. The van der Waals surface area contributed by atoms with Crippen LogP contribution in [0, 0.1) is 5.92 Å². The molecule has 1 heterocycles. The van der Waals surface area contributed by atoms with Gasteiger partial charge < -0.3 is 9.64 Å². The Bertz CT molecular complexity index is 533. The maximum atomic E-state index is 12.4. The molecule has 1 atom stereocenters. The van der Waals surface area contributed by atoms with Crippen LogP contribution < -0.4 is 0 Å². The van der Waals surface area contributed by atoms with Gasteiger partial charge in [-0.15, -0.1) is 0 Å². The van der Waals surface area contributed by atoms with Gasteiger partial charge in [-0.2, -0.15) is 0 Å². The Morgan fingerprint density at radius 1 is 1.35 bits per heavy atom. The smallest absolute Gasteiger partial charge is 0.310 e. The van der Waals surface area contributed by atoms with E-state index in [0.29, 0.717) is 28.7 Å². The highest BCUT2D eigenvalue weighted by Crippen LogP contribution is 2.25. The largest absolute Gasteiger partial charge is 0.469 e. The number of carbonyl (C=O) groups excluding carboxylic acids is 2. The van der Waals surface area contributed by atoms with E-state index in [0.717, 1.165) is 12.8 Å². The van der Waals surface area contributed by atoms with Gasteiger partial charge in [0.2, 0.25) is 0 Å². The molecule has 1 aliphatic rings. The van der Waals surface area contributed by atoms with Crippen LogP contribution in [0.1, 0.15) is 23.2 Å². The second kappa shape index (κ2) is 6.46. The van der Waals surface area contributed by atoms with Gasteiger partial charge in [0.25, 0.3) is 5.91 Å².